The van der Waals surface area contributed by atoms with Crippen LogP contribution in [-0.4, -0.2) is 41.9 Å². The molecular formula is C22H34N2O. The smallest absolute Gasteiger partial charge is 0.109 e. The van der Waals surface area contributed by atoms with Gasteiger partial charge in [-0.1, -0.05) is 50.3 Å². The molecule has 1 N–H and O–H groups in total. The van der Waals surface area contributed by atoms with Crippen molar-refractivity contribution in [1.29, 1.82) is 0 Å². The fourth-order valence-corrected chi connectivity index (χ4v) is 5.38. The molecule has 1 aliphatic carbocycles. The Balaban J connectivity index is 1.32. The lowest BCUT2D eigenvalue weighted by Gasteiger charge is -2.40. The summed E-state index contributed by atoms with van der Waals surface area (Å²) < 4.78 is 0. The van der Waals surface area contributed by atoms with Crippen LogP contribution in [0.3, 0.4) is 0 Å². The van der Waals surface area contributed by atoms with Gasteiger partial charge in [0.05, 0.1) is 0 Å². The Labute approximate surface area is 153 Å². The Bertz CT molecular complexity index is 555. The summed E-state index contributed by atoms with van der Waals surface area (Å²) in [7, 11) is 0. The third kappa shape index (κ3) is 4.03. The number of hydrogen-bond acceptors (Lipinski definition) is 3. The van der Waals surface area contributed by atoms with Gasteiger partial charge in [0.2, 0.25) is 0 Å². The lowest BCUT2D eigenvalue weighted by atomic mass is 9.91. The highest BCUT2D eigenvalue weighted by molar-refractivity contribution is 5.57. The number of fused-ring (bicyclic) bond motifs is 1. The number of nitrogens with zero attached hydrogens (tertiary/aromatic N) is 2. The van der Waals surface area contributed by atoms with E-state index in [0.29, 0.717) is 6.04 Å². The first-order chi connectivity index (χ1) is 12.3. The standard InChI is InChI=1S/C22H34N2O/c25-22(13-16-23-15-12-19-9-3-4-11-21(19)23)24-14-6-5-10-20(24)17-18-7-1-2-8-18/h3-4,9,11,18,20,22,25H,1-2,5-8,10,12-17H2/t20-,22?/m0/s1. The summed E-state index contributed by atoms with van der Waals surface area (Å²) in [6.07, 6.45) is 12.7. The topological polar surface area (TPSA) is 26.7 Å². The van der Waals surface area contributed by atoms with Crippen molar-refractivity contribution in [2.45, 2.75) is 76.5 Å². The van der Waals surface area contributed by atoms with Crippen LogP contribution in [0.1, 0.15) is 63.4 Å². The summed E-state index contributed by atoms with van der Waals surface area (Å²) in [5.74, 6) is 0.920. The molecule has 2 heterocycles. The zero-order valence-corrected chi connectivity index (χ0v) is 15.6. The molecule has 3 nitrogen and oxygen atoms in total. The Morgan fingerprint density at radius 2 is 1.80 bits per heavy atom. The van der Waals surface area contributed by atoms with Crippen LogP contribution in [0.4, 0.5) is 5.69 Å². The van der Waals surface area contributed by atoms with Crippen molar-refractivity contribution in [1.82, 2.24) is 4.90 Å². The number of hydrogen-bond donors (Lipinski definition) is 1. The van der Waals surface area contributed by atoms with Crippen molar-refractivity contribution in [2.24, 2.45) is 5.92 Å². The Morgan fingerprint density at radius 3 is 2.68 bits per heavy atom. The molecule has 3 aliphatic rings. The summed E-state index contributed by atoms with van der Waals surface area (Å²) in [5, 5.41) is 10.9. The SMILES string of the molecule is OC(CCN1CCc2ccccc21)N1CCCC[C@H]1CC1CCCC1. The van der Waals surface area contributed by atoms with Gasteiger partial charge in [0.15, 0.2) is 0 Å². The number of aliphatic hydroxyl groups excluding tert-OH is 1. The molecule has 25 heavy (non-hydrogen) atoms. The second-order valence-corrected chi connectivity index (χ2v) is 8.41. The number of benzene rings is 1. The van der Waals surface area contributed by atoms with Crippen LogP contribution < -0.4 is 4.90 Å². The predicted octanol–water partition coefficient (Wildman–Crippen LogP) is 4.19. The molecule has 2 atom stereocenters. The van der Waals surface area contributed by atoms with Gasteiger partial charge in [-0.25, -0.2) is 0 Å². The highest BCUT2D eigenvalue weighted by atomic mass is 16.3. The molecule has 2 fully saturated rings. The molecule has 2 aliphatic heterocycles. The van der Waals surface area contributed by atoms with Crippen molar-refractivity contribution in [2.75, 3.05) is 24.5 Å². The van der Waals surface area contributed by atoms with Crippen LogP contribution in [0.2, 0.25) is 0 Å². The molecule has 0 radical (unpaired) electrons. The maximum Gasteiger partial charge on any atom is 0.109 e. The van der Waals surface area contributed by atoms with Crippen LogP contribution in [-0.2, 0) is 6.42 Å². The van der Waals surface area contributed by atoms with Crippen molar-refractivity contribution >= 4 is 5.69 Å². The van der Waals surface area contributed by atoms with E-state index in [2.05, 4.69) is 34.1 Å². The second-order valence-electron chi connectivity index (χ2n) is 8.41. The normalized spacial score (nSPS) is 26.1. The summed E-state index contributed by atoms with van der Waals surface area (Å²) in [6.45, 7) is 3.18. The van der Waals surface area contributed by atoms with E-state index in [-0.39, 0.29) is 6.23 Å². The molecule has 1 aromatic carbocycles. The average molecular weight is 343 g/mol. The predicted molar refractivity (Wildman–Crippen MR) is 104 cm³/mol. The van der Waals surface area contributed by atoms with E-state index in [1.165, 1.54) is 62.6 Å². The number of rotatable bonds is 6. The summed E-state index contributed by atoms with van der Waals surface area (Å²) in [6, 6.07) is 9.37. The van der Waals surface area contributed by atoms with Crippen LogP contribution in [0, 0.1) is 5.92 Å². The third-order valence-corrected chi connectivity index (χ3v) is 6.78. The van der Waals surface area contributed by atoms with E-state index in [0.717, 1.165) is 38.4 Å². The van der Waals surface area contributed by atoms with E-state index >= 15 is 0 Å². The lowest BCUT2D eigenvalue weighted by molar-refractivity contribution is -0.0494. The van der Waals surface area contributed by atoms with Gasteiger partial charge >= 0.3 is 0 Å². The zero-order valence-electron chi connectivity index (χ0n) is 15.6. The number of para-hydroxylation sites is 1. The molecule has 0 spiro atoms. The minimum absolute atomic E-state index is 0.264. The first kappa shape index (κ1) is 17.4. The Hall–Kier alpha value is -1.06. The number of anilines is 1. The van der Waals surface area contributed by atoms with E-state index in [9.17, 15) is 5.11 Å². The van der Waals surface area contributed by atoms with E-state index in [4.69, 9.17) is 0 Å². The molecule has 1 unspecified atom stereocenters. The van der Waals surface area contributed by atoms with Crippen LogP contribution in [0.25, 0.3) is 0 Å². The maximum absolute atomic E-state index is 10.9. The van der Waals surface area contributed by atoms with Gasteiger partial charge in [-0.3, -0.25) is 4.90 Å². The molecule has 0 aromatic heterocycles. The van der Waals surface area contributed by atoms with Crippen molar-refractivity contribution < 1.29 is 5.11 Å². The fraction of sp³-hybridized carbons (Fsp3) is 0.727. The molecule has 0 amide bonds. The molecular weight excluding hydrogens is 308 g/mol. The van der Waals surface area contributed by atoms with Gasteiger partial charge in [0, 0.05) is 37.8 Å². The van der Waals surface area contributed by atoms with Gasteiger partial charge in [-0.15, -0.1) is 0 Å². The molecule has 0 bridgehead atoms. The van der Waals surface area contributed by atoms with Gasteiger partial charge in [0.25, 0.3) is 0 Å². The highest BCUT2D eigenvalue weighted by Crippen LogP contribution is 2.34. The Kier molecular flexibility index (Phi) is 5.62. The first-order valence-electron chi connectivity index (χ1n) is 10.6. The van der Waals surface area contributed by atoms with Gasteiger partial charge in [-0.2, -0.15) is 0 Å². The summed E-state index contributed by atoms with van der Waals surface area (Å²) >= 11 is 0. The van der Waals surface area contributed by atoms with E-state index in [1.54, 1.807) is 0 Å². The molecule has 1 saturated carbocycles. The van der Waals surface area contributed by atoms with Crippen molar-refractivity contribution in [3.63, 3.8) is 0 Å². The highest BCUT2D eigenvalue weighted by Gasteiger charge is 2.31. The van der Waals surface area contributed by atoms with Crippen molar-refractivity contribution in [3.8, 4) is 0 Å². The molecule has 1 saturated heterocycles. The van der Waals surface area contributed by atoms with Crippen LogP contribution >= 0.6 is 0 Å². The van der Waals surface area contributed by atoms with Gasteiger partial charge in [0.1, 0.15) is 6.23 Å². The van der Waals surface area contributed by atoms with Crippen LogP contribution in [0.15, 0.2) is 24.3 Å². The monoisotopic (exact) mass is 342 g/mol. The van der Waals surface area contributed by atoms with Gasteiger partial charge in [-0.05, 0) is 43.2 Å². The first-order valence-corrected chi connectivity index (χ1v) is 10.6. The minimum Gasteiger partial charge on any atom is -0.378 e. The fourth-order valence-electron chi connectivity index (χ4n) is 5.38. The quantitative estimate of drug-likeness (QED) is 0.839. The van der Waals surface area contributed by atoms with Crippen molar-refractivity contribution in [3.05, 3.63) is 29.8 Å². The summed E-state index contributed by atoms with van der Waals surface area (Å²) in [4.78, 5) is 4.91. The second kappa shape index (κ2) is 8.09. The van der Waals surface area contributed by atoms with E-state index in [1.807, 2.05) is 0 Å². The van der Waals surface area contributed by atoms with Crippen LogP contribution in [0.5, 0.6) is 0 Å². The van der Waals surface area contributed by atoms with Gasteiger partial charge < -0.3 is 10.0 Å². The molecule has 4 rings (SSSR count). The largest absolute Gasteiger partial charge is 0.378 e. The molecule has 138 valence electrons. The zero-order chi connectivity index (χ0) is 17.1. The number of piperidine rings is 1. The number of aliphatic hydroxyl groups is 1. The minimum atomic E-state index is -0.264. The average Bonchev–Trinajstić information content (AvgIpc) is 3.30. The summed E-state index contributed by atoms with van der Waals surface area (Å²) in [5.41, 5.74) is 2.85. The van der Waals surface area contributed by atoms with E-state index < -0.39 is 0 Å². The lowest BCUT2D eigenvalue weighted by Crippen LogP contribution is -2.48. The third-order valence-electron chi connectivity index (χ3n) is 6.78. The number of likely N-dealkylation sites (tertiary alicyclic amines) is 1. The Morgan fingerprint density at radius 1 is 1.00 bits per heavy atom. The maximum atomic E-state index is 10.9. The molecule has 1 aromatic rings. The molecule has 3 heteroatoms.